The summed E-state index contributed by atoms with van der Waals surface area (Å²) in [5.74, 6) is -3.03. The molecule has 0 saturated carbocycles. The zero-order chi connectivity index (χ0) is 34.7. The van der Waals surface area contributed by atoms with Gasteiger partial charge in [-0.2, -0.15) is 0 Å². The van der Waals surface area contributed by atoms with E-state index in [2.05, 4.69) is 6.92 Å². The van der Waals surface area contributed by atoms with E-state index in [-0.39, 0.29) is 6.42 Å². The van der Waals surface area contributed by atoms with E-state index in [1.807, 2.05) is 0 Å². The second-order valence-electron chi connectivity index (χ2n) is 12.4. The smallest absolute Gasteiger partial charge is 0.305 e. The molecule has 3 rings (SSSR count). The minimum atomic E-state index is -2.47. The maximum absolute atomic E-state index is 12.3. The molecule has 47 heavy (non-hydrogen) atoms. The molecule has 0 unspecified atom stereocenters. The van der Waals surface area contributed by atoms with Crippen molar-refractivity contribution in [2.75, 3.05) is 26.4 Å². The summed E-state index contributed by atoms with van der Waals surface area (Å²) in [6, 6.07) is 0. The first kappa shape index (κ1) is 40.3. The normalized spacial score (nSPS) is 40.9. The first-order valence-corrected chi connectivity index (χ1v) is 16.5. The summed E-state index contributed by atoms with van der Waals surface area (Å²) in [4.78, 5) is 12.3. The Morgan fingerprint density at radius 2 is 1.17 bits per heavy atom. The van der Waals surface area contributed by atoms with Crippen LogP contribution in [0.4, 0.5) is 0 Å². The molecule has 0 aromatic heterocycles. The van der Waals surface area contributed by atoms with Gasteiger partial charge in [0.15, 0.2) is 12.6 Å². The molecule has 276 valence electrons. The predicted molar refractivity (Wildman–Crippen MR) is 157 cm³/mol. The number of unbranched alkanes of at least 4 members (excludes halogenated alkanes) is 8. The summed E-state index contributed by atoms with van der Waals surface area (Å²) >= 11 is 0. The molecular formula is C30H54O17. The van der Waals surface area contributed by atoms with E-state index >= 15 is 0 Å². The highest BCUT2D eigenvalue weighted by Gasteiger charge is 2.61. The topological polar surface area (TPSA) is 275 Å². The van der Waals surface area contributed by atoms with Crippen molar-refractivity contribution < 1.29 is 84.3 Å². The number of aliphatic hydroxyl groups is 10. The van der Waals surface area contributed by atoms with Crippen LogP contribution in [0.1, 0.15) is 71.1 Å². The Bertz CT molecular complexity index is 912. The lowest BCUT2D eigenvalue weighted by Gasteiger charge is -2.45. The van der Waals surface area contributed by atoms with E-state index in [0.29, 0.717) is 6.42 Å². The second-order valence-corrected chi connectivity index (χ2v) is 12.4. The number of carbonyl (C=O) groups is 1. The van der Waals surface area contributed by atoms with Crippen LogP contribution in [-0.2, 0) is 33.2 Å². The van der Waals surface area contributed by atoms with Crippen LogP contribution in [0.2, 0.25) is 0 Å². The number of hydrogen-bond acceptors (Lipinski definition) is 17. The third-order valence-corrected chi connectivity index (χ3v) is 8.88. The van der Waals surface area contributed by atoms with Crippen LogP contribution in [-0.4, -0.2) is 169 Å². The number of rotatable bonds is 19. The van der Waals surface area contributed by atoms with Crippen molar-refractivity contribution in [3.05, 3.63) is 0 Å². The van der Waals surface area contributed by atoms with E-state index in [0.717, 1.165) is 25.7 Å². The lowest BCUT2D eigenvalue weighted by molar-refractivity contribution is -0.400. The number of esters is 1. The standard InChI is InChI=1S/C30H54O17/c1-2-3-4-5-6-7-8-9-10-11-19(34)42-14-18-21(36)24(39)25(40)28(44-18)45-27-22(37)17(13-32)46-30(27,15-33)47-29-26(41)23(38)20(35)16(12-31)43-29/h16-18,20-29,31-33,35-41H,2-15H2,1H3/t16-,17-,18-,20-,21-,22-,23+,24+,25-,26-,27+,28-,29-,30+/m1/s1. The maximum atomic E-state index is 12.3. The van der Waals surface area contributed by atoms with Crippen molar-refractivity contribution in [2.24, 2.45) is 0 Å². The Hall–Kier alpha value is -1.13. The number of hydrogen-bond donors (Lipinski definition) is 10. The van der Waals surface area contributed by atoms with E-state index in [4.69, 9.17) is 28.4 Å². The van der Waals surface area contributed by atoms with Gasteiger partial charge in [0.05, 0.1) is 13.2 Å². The Morgan fingerprint density at radius 3 is 1.74 bits per heavy atom. The van der Waals surface area contributed by atoms with Crippen LogP contribution < -0.4 is 0 Å². The molecule has 0 spiro atoms. The van der Waals surface area contributed by atoms with E-state index in [9.17, 15) is 55.9 Å². The van der Waals surface area contributed by atoms with Gasteiger partial charge in [-0.25, -0.2) is 0 Å². The highest BCUT2D eigenvalue weighted by molar-refractivity contribution is 5.69. The lowest BCUT2D eigenvalue weighted by atomic mass is 9.98. The molecule has 17 heteroatoms. The number of ether oxygens (including phenoxy) is 6. The third-order valence-electron chi connectivity index (χ3n) is 8.88. The number of carbonyl (C=O) groups excluding carboxylic acids is 1. The molecule has 0 bridgehead atoms. The first-order valence-electron chi connectivity index (χ1n) is 16.5. The molecule has 0 amide bonds. The molecule has 3 aliphatic rings. The van der Waals surface area contributed by atoms with Crippen molar-refractivity contribution in [1.82, 2.24) is 0 Å². The molecule has 10 N–H and O–H groups in total. The average molecular weight is 687 g/mol. The van der Waals surface area contributed by atoms with Crippen molar-refractivity contribution in [2.45, 2.75) is 157 Å². The fraction of sp³-hybridized carbons (Fsp3) is 0.967. The zero-order valence-corrected chi connectivity index (χ0v) is 26.7. The SMILES string of the molecule is CCCCCCCCCCCC(=O)OC[C@H]1O[C@H](O[C@H]2[C@H](O)[C@@H](CO)O[C@@]2(CO)O[C@H]2O[C@H](CO)[C@@H](O)[C@H](O)[C@H]2O)[C@H](O)[C@@H](O)[C@@H]1O. The molecule has 3 aliphatic heterocycles. The van der Waals surface area contributed by atoms with Crippen molar-refractivity contribution in [1.29, 1.82) is 0 Å². The van der Waals surface area contributed by atoms with Crippen LogP contribution in [0.15, 0.2) is 0 Å². The van der Waals surface area contributed by atoms with Gasteiger partial charge in [0.1, 0.15) is 80.4 Å². The maximum Gasteiger partial charge on any atom is 0.305 e. The molecule has 14 atom stereocenters. The van der Waals surface area contributed by atoms with Gasteiger partial charge in [-0.1, -0.05) is 58.3 Å². The molecule has 3 fully saturated rings. The molecule has 0 aromatic carbocycles. The fourth-order valence-electron chi connectivity index (χ4n) is 5.94. The van der Waals surface area contributed by atoms with E-state index in [1.165, 1.54) is 25.7 Å². The van der Waals surface area contributed by atoms with Crippen LogP contribution in [0.5, 0.6) is 0 Å². The minimum absolute atomic E-state index is 0.131. The van der Waals surface area contributed by atoms with E-state index in [1.54, 1.807) is 0 Å². The van der Waals surface area contributed by atoms with Gasteiger partial charge in [0.25, 0.3) is 0 Å². The molecule has 3 saturated heterocycles. The quantitative estimate of drug-likeness (QED) is 0.0476. The Kier molecular flexibility index (Phi) is 16.6. The minimum Gasteiger partial charge on any atom is -0.463 e. The zero-order valence-electron chi connectivity index (χ0n) is 26.7. The summed E-state index contributed by atoms with van der Waals surface area (Å²) in [7, 11) is 0. The van der Waals surface area contributed by atoms with Crippen molar-refractivity contribution in [3.63, 3.8) is 0 Å². The van der Waals surface area contributed by atoms with Gasteiger partial charge in [0, 0.05) is 6.42 Å². The Labute approximate surface area is 273 Å². The highest BCUT2D eigenvalue weighted by Crippen LogP contribution is 2.39. The highest BCUT2D eigenvalue weighted by atomic mass is 16.8. The van der Waals surface area contributed by atoms with Crippen LogP contribution in [0.3, 0.4) is 0 Å². The van der Waals surface area contributed by atoms with E-state index < -0.39 is 118 Å². The largest absolute Gasteiger partial charge is 0.463 e. The van der Waals surface area contributed by atoms with Crippen molar-refractivity contribution in [3.8, 4) is 0 Å². The third kappa shape index (κ3) is 10.2. The van der Waals surface area contributed by atoms with Crippen LogP contribution in [0.25, 0.3) is 0 Å². The second kappa shape index (κ2) is 19.3. The summed E-state index contributed by atoms with van der Waals surface area (Å²) in [5.41, 5.74) is 0. The Balaban J connectivity index is 1.61. The summed E-state index contributed by atoms with van der Waals surface area (Å²) in [5, 5.41) is 103. The van der Waals surface area contributed by atoms with Crippen LogP contribution >= 0.6 is 0 Å². The Morgan fingerprint density at radius 1 is 0.638 bits per heavy atom. The van der Waals surface area contributed by atoms with Gasteiger partial charge in [-0.15, -0.1) is 0 Å². The molecule has 0 aromatic rings. The average Bonchev–Trinajstić information content (AvgIpc) is 3.33. The number of aliphatic hydroxyl groups excluding tert-OH is 10. The predicted octanol–water partition coefficient (Wildman–Crippen LogP) is -3.10. The molecule has 0 aliphatic carbocycles. The molecular weight excluding hydrogens is 632 g/mol. The van der Waals surface area contributed by atoms with Gasteiger partial charge < -0.3 is 79.5 Å². The fourth-order valence-corrected chi connectivity index (χ4v) is 5.94. The summed E-state index contributed by atoms with van der Waals surface area (Å²) in [6.45, 7) is -1.11. The first-order chi connectivity index (χ1) is 22.4. The van der Waals surface area contributed by atoms with Crippen LogP contribution in [0, 0.1) is 0 Å². The van der Waals surface area contributed by atoms with Gasteiger partial charge in [0.2, 0.25) is 5.79 Å². The summed E-state index contributed by atoms with van der Waals surface area (Å²) < 4.78 is 33.1. The summed E-state index contributed by atoms with van der Waals surface area (Å²) in [6.07, 6.45) is -13.0. The molecule has 17 nitrogen and oxygen atoms in total. The molecule has 3 heterocycles. The van der Waals surface area contributed by atoms with Gasteiger partial charge >= 0.3 is 5.97 Å². The van der Waals surface area contributed by atoms with Crippen molar-refractivity contribution >= 4 is 5.97 Å². The van der Waals surface area contributed by atoms with Gasteiger partial charge in [-0.05, 0) is 6.42 Å². The van der Waals surface area contributed by atoms with Gasteiger partial charge in [-0.3, -0.25) is 4.79 Å². The molecule has 0 radical (unpaired) electrons. The monoisotopic (exact) mass is 686 g/mol. The lowest BCUT2D eigenvalue weighted by Crippen LogP contribution is -2.64.